The minimum atomic E-state index is 0.0294. The first kappa shape index (κ1) is 41.9. The second kappa shape index (κ2) is 28.3. The molecule has 0 unspecified atom stereocenters. The summed E-state index contributed by atoms with van der Waals surface area (Å²) in [6.45, 7) is 28.0. The van der Waals surface area contributed by atoms with Crippen molar-refractivity contribution in [2.75, 3.05) is 52.5 Å². The smallest absolute Gasteiger partial charge is 0.152 e. The zero-order valence-electron chi connectivity index (χ0n) is 29.9. The quantitative estimate of drug-likeness (QED) is 0.134. The average molecular weight is 621 g/mol. The van der Waals surface area contributed by atoms with E-state index in [0.29, 0.717) is 12.4 Å². The summed E-state index contributed by atoms with van der Waals surface area (Å²) in [6.07, 6.45) is 13.0. The summed E-state index contributed by atoms with van der Waals surface area (Å²) in [5.74, 6) is 1.74. The molecular weight excluding hydrogens is 556 g/mol. The van der Waals surface area contributed by atoms with Gasteiger partial charge in [0.2, 0.25) is 0 Å². The van der Waals surface area contributed by atoms with Crippen LogP contribution in [0.2, 0.25) is 0 Å². The Bertz CT molecular complexity index is 1040. The molecule has 0 N–H and O–H groups in total. The van der Waals surface area contributed by atoms with Gasteiger partial charge in [-0.3, -0.25) is 14.6 Å². The SMILES string of the molecule is C=C/C(=C\C=C\C(C)=O)OCCN1CCCC1.CC.CC.CCc1ccc(OCCN2CCCC2)cc1.Cc1ccccc1C. The maximum Gasteiger partial charge on any atom is 0.152 e. The molecule has 0 atom stereocenters. The molecule has 2 fully saturated rings. The number of hydrogen-bond donors (Lipinski definition) is 0. The second-order valence-electron chi connectivity index (χ2n) is 10.6. The van der Waals surface area contributed by atoms with E-state index in [2.05, 4.69) is 85.7 Å². The Morgan fingerprint density at radius 3 is 1.71 bits per heavy atom. The first-order valence-corrected chi connectivity index (χ1v) is 17.2. The molecule has 0 saturated carbocycles. The van der Waals surface area contributed by atoms with E-state index in [1.165, 1.54) is 81.6 Å². The van der Waals surface area contributed by atoms with Gasteiger partial charge in [-0.05, 0) is 126 Å². The number of aryl methyl sites for hydroxylation is 3. The molecule has 5 nitrogen and oxygen atoms in total. The first-order valence-electron chi connectivity index (χ1n) is 17.2. The van der Waals surface area contributed by atoms with Crippen LogP contribution in [0.25, 0.3) is 0 Å². The van der Waals surface area contributed by atoms with Crippen molar-refractivity contribution in [3.8, 4) is 5.75 Å². The van der Waals surface area contributed by atoms with Crippen molar-refractivity contribution in [3.63, 3.8) is 0 Å². The fraction of sp³-hybridized carbons (Fsp3) is 0.525. The number of likely N-dealkylation sites (tertiary alicyclic amines) is 2. The van der Waals surface area contributed by atoms with E-state index in [1.54, 1.807) is 18.2 Å². The third kappa shape index (κ3) is 21.3. The van der Waals surface area contributed by atoms with Gasteiger partial charge in [0, 0.05) is 13.1 Å². The molecule has 2 heterocycles. The number of nitrogens with zero attached hydrogens (tertiary/aromatic N) is 2. The van der Waals surface area contributed by atoms with E-state index in [4.69, 9.17) is 9.47 Å². The van der Waals surface area contributed by atoms with Crippen molar-refractivity contribution >= 4 is 5.78 Å². The molecule has 252 valence electrons. The minimum Gasteiger partial charge on any atom is -0.492 e. The van der Waals surface area contributed by atoms with Crippen LogP contribution in [0.15, 0.2) is 85.2 Å². The summed E-state index contributed by atoms with van der Waals surface area (Å²) in [5.41, 5.74) is 4.10. The Morgan fingerprint density at radius 1 is 0.800 bits per heavy atom. The lowest BCUT2D eigenvalue weighted by atomic mass is 10.1. The molecule has 0 amide bonds. The number of carbonyl (C=O) groups is 1. The molecule has 0 bridgehead atoms. The number of hydrogen-bond acceptors (Lipinski definition) is 5. The lowest BCUT2D eigenvalue weighted by Crippen LogP contribution is -2.25. The van der Waals surface area contributed by atoms with Crippen LogP contribution in [0, 0.1) is 13.8 Å². The highest BCUT2D eigenvalue weighted by Gasteiger charge is 2.11. The summed E-state index contributed by atoms with van der Waals surface area (Å²) >= 11 is 0. The van der Waals surface area contributed by atoms with E-state index in [-0.39, 0.29) is 5.78 Å². The van der Waals surface area contributed by atoms with Crippen molar-refractivity contribution in [2.24, 2.45) is 0 Å². The molecule has 0 aliphatic carbocycles. The molecular formula is C40H64N2O3. The van der Waals surface area contributed by atoms with Crippen LogP contribution in [0.4, 0.5) is 0 Å². The van der Waals surface area contributed by atoms with Crippen molar-refractivity contribution < 1.29 is 14.3 Å². The molecule has 0 radical (unpaired) electrons. The predicted octanol–water partition coefficient (Wildman–Crippen LogP) is 9.39. The zero-order valence-corrected chi connectivity index (χ0v) is 29.9. The zero-order chi connectivity index (χ0) is 33.7. The maximum atomic E-state index is 10.7. The topological polar surface area (TPSA) is 42.0 Å². The number of ketones is 1. The Morgan fingerprint density at radius 2 is 1.29 bits per heavy atom. The number of carbonyl (C=O) groups excluding carboxylic acids is 1. The molecule has 2 aliphatic rings. The highest BCUT2D eigenvalue weighted by Crippen LogP contribution is 2.13. The van der Waals surface area contributed by atoms with E-state index >= 15 is 0 Å². The second-order valence-corrected chi connectivity index (χ2v) is 10.6. The molecule has 5 heteroatoms. The van der Waals surface area contributed by atoms with Crippen molar-refractivity contribution in [3.05, 3.63) is 102 Å². The standard InChI is InChI=1S/C14H21NO2.C14H21NO.C8H10.2C2H6/c1-3-14(8-6-7-13(2)16)17-12-11-15-9-4-5-10-15;1-2-13-5-7-14(8-6-13)16-12-11-15-9-3-4-10-15;1-7-5-3-4-6-8(7)2;2*1-2/h3,6-8H,1,4-5,9-12H2,2H3;5-8H,2-4,9-12H2,1H3;3-6H,1-2H3;2*1-2H3/b7-6+,14-8+;;;;. The molecule has 4 rings (SSSR count). The lowest BCUT2D eigenvalue weighted by molar-refractivity contribution is -0.112. The van der Waals surface area contributed by atoms with Gasteiger partial charge >= 0.3 is 0 Å². The number of benzene rings is 2. The van der Waals surface area contributed by atoms with Crippen LogP contribution in [0.3, 0.4) is 0 Å². The van der Waals surface area contributed by atoms with Gasteiger partial charge in [0.25, 0.3) is 0 Å². The molecule has 0 aromatic heterocycles. The van der Waals surface area contributed by atoms with Crippen molar-refractivity contribution in [1.82, 2.24) is 9.80 Å². The normalized spacial score (nSPS) is 14.4. The Labute approximate surface area is 277 Å². The van der Waals surface area contributed by atoms with Gasteiger partial charge in [-0.1, -0.05) is 83.7 Å². The largest absolute Gasteiger partial charge is 0.492 e. The first-order chi connectivity index (χ1) is 21.9. The van der Waals surface area contributed by atoms with Crippen LogP contribution in [0.1, 0.15) is 83.9 Å². The number of rotatable bonds is 12. The monoisotopic (exact) mass is 620 g/mol. The number of allylic oxidation sites excluding steroid dienone is 4. The highest BCUT2D eigenvalue weighted by atomic mass is 16.5. The number of ether oxygens (including phenoxy) is 2. The van der Waals surface area contributed by atoms with E-state index in [0.717, 1.165) is 31.9 Å². The van der Waals surface area contributed by atoms with Gasteiger partial charge in [0.1, 0.15) is 24.7 Å². The minimum absolute atomic E-state index is 0.0294. The summed E-state index contributed by atoms with van der Waals surface area (Å²) < 4.78 is 11.3. The van der Waals surface area contributed by atoms with Crippen LogP contribution < -0.4 is 4.74 Å². The molecule has 2 saturated heterocycles. The van der Waals surface area contributed by atoms with Gasteiger partial charge in [-0.15, -0.1) is 0 Å². The third-order valence-electron chi connectivity index (χ3n) is 7.30. The molecule has 2 aliphatic heterocycles. The lowest BCUT2D eigenvalue weighted by Gasteiger charge is -2.14. The van der Waals surface area contributed by atoms with E-state index in [9.17, 15) is 4.79 Å². The summed E-state index contributed by atoms with van der Waals surface area (Å²) in [6, 6.07) is 16.8. The van der Waals surface area contributed by atoms with E-state index in [1.807, 2.05) is 27.7 Å². The summed E-state index contributed by atoms with van der Waals surface area (Å²) in [5, 5.41) is 0. The van der Waals surface area contributed by atoms with Gasteiger partial charge in [0.15, 0.2) is 5.78 Å². The fourth-order valence-corrected chi connectivity index (χ4v) is 4.54. The van der Waals surface area contributed by atoms with Crippen LogP contribution in [0.5, 0.6) is 5.75 Å². The Kier molecular flexibility index (Phi) is 26.3. The summed E-state index contributed by atoms with van der Waals surface area (Å²) in [4.78, 5) is 15.6. The molecule has 0 spiro atoms. The van der Waals surface area contributed by atoms with Gasteiger partial charge < -0.3 is 9.47 Å². The third-order valence-corrected chi connectivity index (χ3v) is 7.30. The Hall–Kier alpha value is -3.15. The van der Waals surface area contributed by atoms with Gasteiger partial charge in [-0.25, -0.2) is 0 Å². The fourth-order valence-electron chi connectivity index (χ4n) is 4.54. The molecule has 2 aromatic rings. The van der Waals surface area contributed by atoms with Crippen LogP contribution in [-0.4, -0.2) is 68.1 Å². The Balaban J connectivity index is 0.000000641. The molecule has 45 heavy (non-hydrogen) atoms. The molecule has 2 aromatic carbocycles. The van der Waals surface area contributed by atoms with E-state index < -0.39 is 0 Å². The van der Waals surface area contributed by atoms with Gasteiger partial charge in [-0.2, -0.15) is 0 Å². The predicted molar refractivity (Wildman–Crippen MR) is 195 cm³/mol. The average Bonchev–Trinajstić information content (AvgIpc) is 3.80. The maximum absolute atomic E-state index is 10.7. The van der Waals surface area contributed by atoms with Crippen molar-refractivity contribution in [2.45, 2.75) is 87.5 Å². The highest BCUT2D eigenvalue weighted by molar-refractivity contribution is 5.87. The van der Waals surface area contributed by atoms with Crippen molar-refractivity contribution in [1.29, 1.82) is 0 Å². The summed E-state index contributed by atoms with van der Waals surface area (Å²) in [7, 11) is 0. The van der Waals surface area contributed by atoms with Gasteiger partial charge in [0.05, 0.1) is 0 Å². The van der Waals surface area contributed by atoms with Crippen LogP contribution in [-0.2, 0) is 16.0 Å². The van der Waals surface area contributed by atoms with Crippen LogP contribution >= 0.6 is 0 Å².